The molecule has 3 heteroatoms. The Morgan fingerprint density at radius 3 is 2.70 bits per heavy atom. The van der Waals surface area contributed by atoms with Gasteiger partial charge in [-0.1, -0.05) is 25.0 Å². The van der Waals surface area contributed by atoms with Crippen LogP contribution in [0.5, 0.6) is 5.75 Å². The van der Waals surface area contributed by atoms with Crippen LogP contribution in [0.25, 0.3) is 10.6 Å². The van der Waals surface area contributed by atoms with Crippen LogP contribution in [-0.2, 0) is 12.8 Å². The molecule has 0 bridgehead atoms. The molecule has 2 nitrogen and oxygen atoms in total. The Kier molecular flexibility index (Phi) is 2.84. The van der Waals surface area contributed by atoms with Gasteiger partial charge in [0, 0.05) is 4.88 Å². The number of hydrogen-bond acceptors (Lipinski definition) is 3. The van der Waals surface area contributed by atoms with Crippen LogP contribution in [0.4, 0.5) is 0 Å². The molecule has 1 N–H and O–H groups in total. The number of nitrogens with zero attached hydrogens (tertiary/aromatic N) is 1. The quantitative estimate of drug-likeness (QED) is 0.833. The van der Waals surface area contributed by atoms with E-state index in [1.807, 2.05) is 18.2 Å². The highest BCUT2D eigenvalue weighted by atomic mass is 32.1. The van der Waals surface area contributed by atoms with Gasteiger partial charge in [0.05, 0.1) is 11.3 Å². The van der Waals surface area contributed by atoms with E-state index in [1.54, 1.807) is 17.4 Å². The number of thiazole rings is 1. The minimum atomic E-state index is 0.342. The Balaban J connectivity index is 1.70. The van der Waals surface area contributed by atoms with Crippen LogP contribution in [0, 0.1) is 5.41 Å². The summed E-state index contributed by atoms with van der Waals surface area (Å²) in [6.07, 6.45) is 9.25. The first-order valence-corrected chi connectivity index (χ1v) is 8.34. The Hall–Kier alpha value is -1.35. The van der Waals surface area contributed by atoms with Gasteiger partial charge in [0.15, 0.2) is 0 Å². The number of aryl methyl sites for hydroxylation is 1. The molecule has 104 valence electrons. The highest BCUT2D eigenvalue weighted by Crippen LogP contribution is 2.49. The van der Waals surface area contributed by atoms with Gasteiger partial charge in [0.25, 0.3) is 0 Å². The van der Waals surface area contributed by atoms with Crippen LogP contribution >= 0.6 is 11.3 Å². The van der Waals surface area contributed by atoms with Crippen LogP contribution in [0.1, 0.15) is 42.7 Å². The van der Waals surface area contributed by atoms with Gasteiger partial charge >= 0.3 is 0 Å². The maximum absolute atomic E-state index is 10.00. The molecule has 0 aliphatic heterocycles. The molecule has 0 atom stereocenters. The summed E-state index contributed by atoms with van der Waals surface area (Å²) in [6.45, 7) is 0. The van der Waals surface area contributed by atoms with Gasteiger partial charge < -0.3 is 5.11 Å². The van der Waals surface area contributed by atoms with Crippen molar-refractivity contribution in [1.82, 2.24) is 4.98 Å². The van der Waals surface area contributed by atoms with Crippen molar-refractivity contribution in [2.75, 3.05) is 0 Å². The first kappa shape index (κ1) is 12.4. The second kappa shape index (κ2) is 4.59. The molecule has 1 aromatic carbocycles. The summed E-state index contributed by atoms with van der Waals surface area (Å²) in [6, 6.07) is 7.53. The predicted octanol–water partition coefficient (Wildman–Crippen LogP) is 4.56. The van der Waals surface area contributed by atoms with Crippen molar-refractivity contribution < 1.29 is 5.11 Å². The summed E-state index contributed by atoms with van der Waals surface area (Å²) < 4.78 is 0. The van der Waals surface area contributed by atoms with Gasteiger partial charge in [-0.15, -0.1) is 11.3 Å². The average Bonchev–Trinajstić information content (AvgIpc) is 3.06. The maximum atomic E-state index is 10.00. The van der Waals surface area contributed by atoms with Crippen LogP contribution in [0.3, 0.4) is 0 Å². The van der Waals surface area contributed by atoms with E-state index < -0.39 is 0 Å². The number of rotatable bonds is 1. The number of phenolic OH excluding ortho intramolecular Hbond substituents is 1. The largest absolute Gasteiger partial charge is 0.507 e. The standard InChI is InChI=1S/C17H19NOS/c19-14-6-2-1-5-12(14)16-18-13-7-10-17(8-3-4-9-17)11-15(13)20-16/h1-2,5-6,19H,3-4,7-11H2. The van der Waals surface area contributed by atoms with Crippen LogP contribution in [0.2, 0.25) is 0 Å². The molecule has 1 fully saturated rings. The number of hydrogen-bond donors (Lipinski definition) is 1. The van der Waals surface area contributed by atoms with Crippen molar-refractivity contribution in [3.05, 3.63) is 34.8 Å². The zero-order valence-corrected chi connectivity index (χ0v) is 12.4. The molecule has 1 aromatic heterocycles. The first-order chi connectivity index (χ1) is 9.76. The van der Waals surface area contributed by atoms with E-state index in [0.29, 0.717) is 11.2 Å². The van der Waals surface area contributed by atoms with Crippen molar-refractivity contribution in [3.63, 3.8) is 0 Å². The fourth-order valence-corrected chi connectivity index (χ4v) is 5.17. The molecule has 0 saturated heterocycles. The monoisotopic (exact) mass is 285 g/mol. The molecule has 4 rings (SSSR count). The predicted molar refractivity (Wildman–Crippen MR) is 82.1 cm³/mol. The third-order valence-electron chi connectivity index (χ3n) is 5.00. The van der Waals surface area contributed by atoms with Gasteiger partial charge in [-0.2, -0.15) is 0 Å². The molecule has 2 aliphatic carbocycles. The van der Waals surface area contributed by atoms with E-state index in [9.17, 15) is 5.11 Å². The van der Waals surface area contributed by atoms with E-state index in [0.717, 1.165) is 17.0 Å². The SMILES string of the molecule is Oc1ccccc1-c1nc2c(s1)CC1(CCCC1)CC2. The summed E-state index contributed by atoms with van der Waals surface area (Å²) in [5.74, 6) is 0.342. The zero-order valence-electron chi connectivity index (χ0n) is 11.6. The molecule has 2 aromatic rings. The molecule has 1 heterocycles. The van der Waals surface area contributed by atoms with Gasteiger partial charge in [-0.3, -0.25) is 0 Å². The van der Waals surface area contributed by atoms with Crippen molar-refractivity contribution in [3.8, 4) is 16.3 Å². The number of para-hydroxylation sites is 1. The fraction of sp³-hybridized carbons (Fsp3) is 0.471. The number of benzene rings is 1. The first-order valence-electron chi connectivity index (χ1n) is 7.53. The van der Waals surface area contributed by atoms with Crippen LogP contribution in [0.15, 0.2) is 24.3 Å². The highest BCUT2D eigenvalue weighted by Gasteiger charge is 2.38. The average molecular weight is 285 g/mol. The zero-order chi connectivity index (χ0) is 13.6. The third kappa shape index (κ3) is 1.96. The molecule has 0 radical (unpaired) electrons. The van der Waals surface area contributed by atoms with E-state index in [-0.39, 0.29) is 0 Å². The third-order valence-corrected chi connectivity index (χ3v) is 6.14. The topological polar surface area (TPSA) is 33.1 Å². The highest BCUT2D eigenvalue weighted by molar-refractivity contribution is 7.15. The second-order valence-corrected chi connectivity index (χ2v) is 7.37. The van der Waals surface area contributed by atoms with Gasteiger partial charge in [0.1, 0.15) is 10.8 Å². The van der Waals surface area contributed by atoms with Crippen molar-refractivity contribution in [2.45, 2.75) is 44.9 Å². The van der Waals surface area contributed by atoms with E-state index in [2.05, 4.69) is 0 Å². The Morgan fingerprint density at radius 1 is 1.10 bits per heavy atom. The molecule has 20 heavy (non-hydrogen) atoms. The number of aromatic nitrogens is 1. The fourth-order valence-electron chi connectivity index (χ4n) is 3.85. The minimum absolute atomic E-state index is 0.342. The van der Waals surface area contributed by atoms with Crippen molar-refractivity contribution >= 4 is 11.3 Å². The van der Waals surface area contributed by atoms with Gasteiger partial charge in [-0.05, 0) is 49.7 Å². The summed E-state index contributed by atoms with van der Waals surface area (Å²) in [5, 5.41) is 11.0. The van der Waals surface area contributed by atoms with E-state index >= 15 is 0 Å². The Bertz CT molecular complexity index is 640. The Labute approximate surface area is 123 Å². The smallest absolute Gasteiger partial charge is 0.127 e. The van der Waals surface area contributed by atoms with Gasteiger partial charge in [-0.25, -0.2) is 4.98 Å². The minimum Gasteiger partial charge on any atom is -0.507 e. The lowest BCUT2D eigenvalue weighted by molar-refractivity contribution is 0.256. The van der Waals surface area contributed by atoms with Crippen LogP contribution < -0.4 is 0 Å². The molecule has 0 amide bonds. The van der Waals surface area contributed by atoms with Crippen LogP contribution in [-0.4, -0.2) is 10.1 Å². The molecular formula is C17H19NOS. The molecular weight excluding hydrogens is 266 g/mol. The maximum Gasteiger partial charge on any atom is 0.127 e. The van der Waals surface area contributed by atoms with Crippen molar-refractivity contribution in [2.24, 2.45) is 5.41 Å². The van der Waals surface area contributed by atoms with E-state index in [4.69, 9.17) is 4.98 Å². The molecule has 0 unspecified atom stereocenters. The number of phenols is 1. The Morgan fingerprint density at radius 2 is 1.90 bits per heavy atom. The summed E-state index contributed by atoms with van der Waals surface area (Å²) >= 11 is 1.79. The molecule has 2 aliphatic rings. The lowest BCUT2D eigenvalue weighted by Crippen LogP contribution is -2.24. The lowest BCUT2D eigenvalue weighted by Gasteiger charge is -2.32. The van der Waals surface area contributed by atoms with E-state index in [1.165, 1.54) is 49.1 Å². The lowest BCUT2D eigenvalue weighted by atomic mass is 9.74. The molecule has 1 saturated carbocycles. The second-order valence-electron chi connectivity index (χ2n) is 6.29. The summed E-state index contributed by atoms with van der Waals surface area (Å²) in [5.41, 5.74) is 2.74. The summed E-state index contributed by atoms with van der Waals surface area (Å²) in [4.78, 5) is 6.26. The number of fused-ring (bicyclic) bond motifs is 1. The normalized spacial score (nSPS) is 20.2. The number of aromatic hydroxyl groups is 1. The van der Waals surface area contributed by atoms with Crippen molar-refractivity contribution in [1.29, 1.82) is 0 Å². The summed E-state index contributed by atoms with van der Waals surface area (Å²) in [7, 11) is 0. The van der Waals surface area contributed by atoms with Gasteiger partial charge in [0.2, 0.25) is 0 Å². The molecule has 1 spiro atoms.